The van der Waals surface area contributed by atoms with E-state index in [1.165, 1.54) is 17.7 Å². The quantitative estimate of drug-likeness (QED) is 0.750. The van der Waals surface area contributed by atoms with E-state index in [1.807, 2.05) is 19.9 Å². The van der Waals surface area contributed by atoms with Crippen LogP contribution in [-0.4, -0.2) is 24.3 Å². The van der Waals surface area contributed by atoms with Gasteiger partial charge >= 0.3 is 5.97 Å². The predicted molar refractivity (Wildman–Crippen MR) is 92.7 cm³/mol. The normalized spacial score (nSPS) is 10.4. The average molecular weight is 379 g/mol. The fraction of sp³-hybridized carbons (Fsp3) is 0.278. The Morgan fingerprint density at radius 1 is 1.04 bits per heavy atom. The summed E-state index contributed by atoms with van der Waals surface area (Å²) in [6, 6.07) is 8.79. The standard InChI is InChI=1S/C18H19BrO4/c1-11-4-5-12(2)17(13(11)3)23-9-8-22-16-7-6-14(18(20)21)10-15(16)19/h4-7,10H,8-9H2,1-3H3,(H,20,21). The van der Waals surface area contributed by atoms with Crippen LogP contribution in [0, 0.1) is 20.8 Å². The van der Waals surface area contributed by atoms with E-state index in [2.05, 4.69) is 28.9 Å². The Bertz CT molecular complexity index is 725. The fourth-order valence-corrected chi connectivity index (χ4v) is 2.69. The number of carbonyl (C=O) groups is 1. The molecule has 122 valence electrons. The zero-order valence-electron chi connectivity index (χ0n) is 13.4. The molecule has 23 heavy (non-hydrogen) atoms. The molecule has 0 fully saturated rings. The summed E-state index contributed by atoms with van der Waals surface area (Å²) in [5.41, 5.74) is 3.64. The molecule has 0 heterocycles. The van der Waals surface area contributed by atoms with Crippen molar-refractivity contribution >= 4 is 21.9 Å². The van der Waals surface area contributed by atoms with Crippen LogP contribution < -0.4 is 9.47 Å². The maximum Gasteiger partial charge on any atom is 0.335 e. The minimum Gasteiger partial charge on any atom is -0.489 e. The third kappa shape index (κ3) is 4.26. The van der Waals surface area contributed by atoms with Gasteiger partial charge in [0, 0.05) is 0 Å². The summed E-state index contributed by atoms with van der Waals surface area (Å²) in [5, 5.41) is 8.93. The predicted octanol–water partition coefficient (Wildman–Crippen LogP) is 4.53. The van der Waals surface area contributed by atoms with Gasteiger partial charge in [-0.05, 0) is 71.6 Å². The number of hydrogen-bond acceptors (Lipinski definition) is 3. The van der Waals surface area contributed by atoms with Gasteiger partial charge in [0.25, 0.3) is 0 Å². The third-order valence-electron chi connectivity index (χ3n) is 3.64. The van der Waals surface area contributed by atoms with E-state index in [0.717, 1.165) is 16.9 Å². The Hall–Kier alpha value is -2.01. The van der Waals surface area contributed by atoms with Crippen molar-refractivity contribution in [2.75, 3.05) is 13.2 Å². The van der Waals surface area contributed by atoms with E-state index in [4.69, 9.17) is 14.6 Å². The molecule has 0 aliphatic carbocycles. The summed E-state index contributed by atoms with van der Waals surface area (Å²) in [6.45, 7) is 6.90. The molecule has 2 rings (SSSR count). The van der Waals surface area contributed by atoms with Gasteiger partial charge in [-0.3, -0.25) is 0 Å². The molecular weight excluding hydrogens is 360 g/mol. The smallest absolute Gasteiger partial charge is 0.335 e. The molecule has 1 N–H and O–H groups in total. The van der Waals surface area contributed by atoms with Crippen molar-refractivity contribution in [2.45, 2.75) is 20.8 Å². The van der Waals surface area contributed by atoms with Crippen LogP contribution in [0.2, 0.25) is 0 Å². The van der Waals surface area contributed by atoms with Crippen molar-refractivity contribution in [3.63, 3.8) is 0 Å². The first-order valence-corrected chi connectivity index (χ1v) is 8.04. The van der Waals surface area contributed by atoms with E-state index in [0.29, 0.717) is 23.4 Å². The topological polar surface area (TPSA) is 55.8 Å². The second-order valence-electron chi connectivity index (χ2n) is 5.30. The highest BCUT2D eigenvalue weighted by molar-refractivity contribution is 9.10. The Balaban J connectivity index is 1.94. The molecular formula is C18H19BrO4. The molecule has 0 atom stereocenters. The summed E-state index contributed by atoms with van der Waals surface area (Å²) in [4.78, 5) is 10.9. The minimum absolute atomic E-state index is 0.214. The summed E-state index contributed by atoms with van der Waals surface area (Å²) >= 11 is 3.32. The lowest BCUT2D eigenvalue weighted by atomic mass is 10.1. The zero-order valence-corrected chi connectivity index (χ0v) is 14.9. The zero-order chi connectivity index (χ0) is 17.0. The van der Waals surface area contributed by atoms with Crippen LogP contribution in [-0.2, 0) is 0 Å². The van der Waals surface area contributed by atoms with Crippen molar-refractivity contribution in [3.05, 3.63) is 57.1 Å². The van der Waals surface area contributed by atoms with Crippen LogP contribution in [0.1, 0.15) is 27.0 Å². The molecule has 2 aromatic carbocycles. The van der Waals surface area contributed by atoms with E-state index in [1.54, 1.807) is 6.07 Å². The molecule has 0 spiro atoms. The van der Waals surface area contributed by atoms with Gasteiger partial charge in [-0.25, -0.2) is 4.79 Å². The fourth-order valence-electron chi connectivity index (χ4n) is 2.19. The van der Waals surface area contributed by atoms with Crippen molar-refractivity contribution in [1.29, 1.82) is 0 Å². The Morgan fingerprint density at radius 2 is 1.70 bits per heavy atom. The van der Waals surface area contributed by atoms with E-state index >= 15 is 0 Å². The SMILES string of the molecule is Cc1ccc(C)c(OCCOc2ccc(C(=O)O)cc2Br)c1C. The highest BCUT2D eigenvalue weighted by atomic mass is 79.9. The Labute approximate surface area is 144 Å². The van der Waals surface area contributed by atoms with Crippen molar-refractivity contribution in [2.24, 2.45) is 0 Å². The summed E-state index contributed by atoms with van der Waals surface area (Å²) in [7, 11) is 0. The van der Waals surface area contributed by atoms with Crippen LogP contribution >= 0.6 is 15.9 Å². The summed E-state index contributed by atoms with van der Waals surface area (Å²) < 4.78 is 12.1. The number of halogens is 1. The molecule has 4 nitrogen and oxygen atoms in total. The van der Waals surface area contributed by atoms with Gasteiger partial charge < -0.3 is 14.6 Å². The molecule has 0 radical (unpaired) electrons. The molecule has 0 saturated heterocycles. The van der Waals surface area contributed by atoms with Gasteiger partial charge in [-0.1, -0.05) is 12.1 Å². The lowest BCUT2D eigenvalue weighted by Gasteiger charge is -2.14. The minimum atomic E-state index is -0.967. The van der Waals surface area contributed by atoms with Crippen LogP contribution in [0.3, 0.4) is 0 Å². The molecule has 0 unspecified atom stereocenters. The summed E-state index contributed by atoms with van der Waals surface area (Å²) in [5.74, 6) is 0.524. The number of benzene rings is 2. The second kappa shape index (κ2) is 7.51. The third-order valence-corrected chi connectivity index (χ3v) is 4.26. The number of aryl methyl sites for hydroxylation is 2. The number of carboxylic acid groups (broad SMARTS) is 1. The monoisotopic (exact) mass is 378 g/mol. The number of ether oxygens (including phenoxy) is 2. The maximum atomic E-state index is 10.9. The largest absolute Gasteiger partial charge is 0.489 e. The van der Waals surface area contributed by atoms with Crippen LogP contribution in [0.5, 0.6) is 11.5 Å². The van der Waals surface area contributed by atoms with Crippen molar-refractivity contribution in [3.8, 4) is 11.5 Å². The van der Waals surface area contributed by atoms with E-state index in [-0.39, 0.29) is 5.56 Å². The number of carboxylic acids is 1. The van der Waals surface area contributed by atoms with Gasteiger partial charge in [-0.2, -0.15) is 0 Å². The molecule has 0 aliphatic rings. The van der Waals surface area contributed by atoms with Crippen molar-refractivity contribution < 1.29 is 19.4 Å². The molecule has 0 saturated carbocycles. The molecule has 0 aliphatic heterocycles. The lowest BCUT2D eigenvalue weighted by molar-refractivity contribution is 0.0696. The maximum absolute atomic E-state index is 10.9. The van der Waals surface area contributed by atoms with Crippen molar-refractivity contribution in [1.82, 2.24) is 0 Å². The second-order valence-corrected chi connectivity index (χ2v) is 6.16. The highest BCUT2D eigenvalue weighted by Gasteiger charge is 2.09. The van der Waals surface area contributed by atoms with Gasteiger partial charge in [0.1, 0.15) is 24.7 Å². The van der Waals surface area contributed by atoms with Gasteiger partial charge in [-0.15, -0.1) is 0 Å². The first kappa shape index (κ1) is 17.3. The molecule has 0 aromatic heterocycles. The average Bonchev–Trinajstić information content (AvgIpc) is 2.51. The summed E-state index contributed by atoms with van der Waals surface area (Å²) in [6.07, 6.45) is 0. The van der Waals surface area contributed by atoms with Crippen LogP contribution in [0.15, 0.2) is 34.8 Å². The molecule has 0 bridgehead atoms. The first-order chi connectivity index (χ1) is 10.9. The van der Waals surface area contributed by atoms with E-state index < -0.39 is 5.97 Å². The Morgan fingerprint density at radius 3 is 2.35 bits per heavy atom. The Kier molecular flexibility index (Phi) is 5.66. The number of aromatic carboxylic acids is 1. The van der Waals surface area contributed by atoms with Crippen LogP contribution in [0.25, 0.3) is 0 Å². The highest BCUT2D eigenvalue weighted by Crippen LogP contribution is 2.27. The first-order valence-electron chi connectivity index (χ1n) is 7.25. The number of hydrogen-bond donors (Lipinski definition) is 1. The van der Waals surface area contributed by atoms with E-state index in [9.17, 15) is 4.79 Å². The molecule has 5 heteroatoms. The van der Waals surface area contributed by atoms with Crippen LogP contribution in [0.4, 0.5) is 0 Å². The molecule has 0 amide bonds. The van der Waals surface area contributed by atoms with Gasteiger partial charge in [0.15, 0.2) is 0 Å². The lowest BCUT2D eigenvalue weighted by Crippen LogP contribution is -2.11. The number of rotatable bonds is 6. The van der Waals surface area contributed by atoms with Gasteiger partial charge in [0.2, 0.25) is 0 Å². The molecule has 2 aromatic rings. The van der Waals surface area contributed by atoms with Gasteiger partial charge in [0.05, 0.1) is 10.0 Å².